The molecule has 2 fully saturated rings. The van der Waals surface area contributed by atoms with Gasteiger partial charge < -0.3 is 10.6 Å². The van der Waals surface area contributed by atoms with Crippen LogP contribution in [0.25, 0.3) is 0 Å². The van der Waals surface area contributed by atoms with Crippen LogP contribution < -0.4 is 10.6 Å². The summed E-state index contributed by atoms with van der Waals surface area (Å²) in [5.74, 6) is 0.931. The van der Waals surface area contributed by atoms with Crippen molar-refractivity contribution in [3.05, 3.63) is 21.8 Å². The normalized spacial score (nSPS) is 27.9. The first-order chi connectivity index (χ1) is 8.75. The minimum Gasteiger partial charge on any atom is -0.399 e. The summed E-state index contributed by atoms with van der Waals surface area (Å²) in [6, 6.07) is 7.14. The molecule has 0 aromatic heterocycles. The Bertz CT molecular complexity index is 431. The van der Waals surface area contributed by atoms with Crippen LogP contribution in [0, 0.1) is 9.49 Å². The summed E-state index contributed by atoms with van der Waals surface area (Å²) in [6.45, 7) is 1.22. The number of benzene rings is 1. The fraction of sp³-hybridized carbons (Fsp3) is 0.600. The summed E-state index contributed by atoms with van der Waals surface area (Å²) < 4.78 is 1.30. The number of anilines is 2. The first kappa shape index (κ1) is 12.6. The molecule has 0 spiro atoms. The zero-order valence-corrected chi connectivity index (χ0v) is 12.9. The van der Waals surface area contributed by atoms with Gasteiger partial charge in [-0.1, -0.05) is 12.8 Å². The van der Waals surface area contributed by atoms with Crippen LogP contribution in [-0.2, 0) is 0 Å². The van der Waals surface area contributed by atoms with E-state index in [0.29, 0.717) is 0 Å². The minimum absolute atomic E-state index is 0.782. The number of fused-ring (bicyclic) bond motifs is 1. The zero-order chi connectivity index (χ0) is 12.5. The van der Waals surface area contributed by atoms with Crippen molar-refractivity contribution in [1.29, 1.82) is 0 Å². The molecule has 0 bridgehead atoms. The van der Waals surface area contributed by atoms with E-state index >= 15 is 0 Å². The molecule has 1 heterocycles. The Morgan fingerprint density at radius 2 is 1.89 bits per heavy atom. The van der Waals surface area contributed by atoms with Gasteiger partial charge in [-0.05, 0) is 72.4 Å². The van der Waals surface area contributed by atoms with Crippen LogP contribution in [0.2, 0.25) is 0 Å². The van der Waals surface area contributed by atoms with Gasteiger partial charge in [0.2, 0.25) is 0 Å². The number of halogens is 1. The van der Waals surface area contributed by atoms with Crippen LogP contribution in [-0.4, -0.2) is 12.6 Å². The number of piperidine rings is 1. The van der Waals surface area contributed by atoms with E-state index in [1.54, 1.807) is 0 Å². The standard InChI is InChI=1S/C15H21IN2/c16-13-10-12(17)7-8-15(13)18-9-3-5-11-4-1-2-6-14(11)18/h7-8,10-11,14H,1-6,9,17H2. The van der Waals surface area contributed by atoms with Gasteiger partial charge in [0.15, 0.2) is 0 Å². The highest BCUT2D eigenvalue weighted by Crippen LogP contribution is 2.39. The quantitative estimate of drug-likeness (QED) is 0.608. The zero-order valence-electron chi connectivity index (χ0n) is 10.7. The van der Waals surface area contributed by atoms with E-state index in [-0.39, 0.29) is 0 Å². The Kier molecular flexibility index (Phi) is 3.68. The van der Waals surface area contributed by atoms with Gasteiger partial charge in [0, 0.05) is 21.8 Å². The average molecular weight is 356 g/mol. The van der Waals surface area contributed by atoms with Gasteiger partial charge in [0.25, 0.3) is 0 Å². The summed E-state index contributed by atoms with van der Waals surface area (Å²) >= 11 is 2.43. The molecule has 0 radical (unpaired) electrons. The van der Waals surface area contributed by atoms with Crippen LogP contribution in [0.1, 0.15) is 38.5 Å². The molecule has 2 aliphatic rings. The molecule has 3 rings (SSSR count). The number of nitrogens with two attached hydrogens (primary N) is 1. The lowest BCUT2D eigenvalue weighted by atomic mass is 9.78. The fourth-order valence-corrected chi connectivity index (χ4v) is 4.53. The second-order valence-electron chi connectivity index (χ2n) is 5.66. The number of nitrogens with zero attached hydrogens (tertiary/aromatic N) is 1. The molecule has 98 valence electrons. The second-order valence-corrected chi connectivity index (χ2v) is 6.82. The third kappa shape index (κ3) is 2.33. The van der Waals surface area contributed by atoms with Gasteiger partial charge in [-0.3, -0.25) is 0 Å². The largest absolute Gasteiger partial charge is 0.399 e. The molecular formula is C15H21IN2. The summed E-state index contributed by atoms with van der Waals surface area (Å²) in [5, 5.41) is 0. The monoisotopic (exact) mass is 356 g/mol. The van der Waals surface area contributed by atoms with Crippen molar-refractivity contribution in [1.82, 2.24) is 0 Å². The molecule has 2 unspecified atom stereocenters. The molecule has 2 nitrogen and oxygen atoms in total. The van der Waals surface area contributed by atoms with Gasteiger partial charge in [-0.15, -0.1) is 0 Å². The Hall–Kier alpha value is -0.450. The number of nitrogen functional groups attached to an aromatic ring is 1. The Morgan fingerprint density at radius 3 is 2.72 bits per heavy atom. The van der Waals surface area contributed by atoms with Crippen LogP contribution in [0.15, 0.2) is 18.2 Å². The maximum absolute atomic E-state index is 5.87. The SMILES string of the molecule is Nc1ccc(N2CCCC3CCCCC32)c(I)c1. The molecule has 18 heavy (non-hydrogen) atoms. The highest BCUT2D eigenvalue weighted by molar-refractivity contribution is 14.1. The van der Waals surface area contributed by atoms with Gasteiger partial charge in [0.05, 0.1) is 5.69 Å². The summed E-state index contributed by atoms with van der Waals surface area (Å²) in [5.41, 5.74) is 8.14. The molecular weight excluding hydrogens is 335 g/mol. The number of hydrogen-bond acceptors (Lipinski definition) is 2. The topological polar surface area (TPSA) is 29.3 Å². The van der Waals surface area contributed by atoms with Crippen molar-refractivity contribution in [3.63, 3.8) is 0 Å². The molecule has 2 atom stereocenters. The third-order valence-corrected chi connectivity index (χ3v) is 5.39. The van der Waals surface area contributed by atoms with Crippen molar-refractivity contribution in [2.45, 2.75) is 44.6 Å². The molecule has 1 saturated carbocycles. The number of rotatable bonds is 1. The van der Waals surface area contributed by atoms with Gasteiger partial charge in [-0.2, -0.15) is 0 Å². The van der Waals surface area contributed by atoms with Crippen LogP contribution in [0.3, 0.4) is 0 Å². The van der Waals surface area contributed by atoms with Crippen molar-refractivity contribution in [2.75, 3.05) is 17.2 Å². The lowest BCUT2D eigenvalue weighted by Gasteiger charge is -2.45. The van der Waals surface area contributed by atoms with Crippen LogP contribution >= 0.6 is 22.6 Å². The minimum atomic E-state index is 0.782. The number of hydrogen-bond donors (Lipinski definition) is 1. The van der Waals surface area contributed by atoms with E-state index in [4.69, 9.17) is 5.73 Å². The highest BCUT2D eigenvalue weighted by Gasteiger charge is 2.33. The van der Waals surface area contributed by atoms with Crippen LogP contribution in [0.4, 0.5) is 11.4 Å². The average Bonchev–Trinajstić information content (AvgIpc) is 2.38. The molecule has 2 N–H and O–H groups in total. The molecule has 1 saturated heterocycles. The predicted molar refractivity (Wildman–Crippen MR) is 85.9 cm³/mol. The van der Waals surface area contributed by atoms with Crippen LogP contribution in [0.5, 0.6) is 0 Å². The first-order valence-corrected chi connectivity index (χ1v) is 8.15. The Labute approximate surface area is 123 Å². The van der Waals surface area contributed by atoms with Crippen molar-refractivity contribution in [3.8, 4) is 0 Å². The van der Waals surface area contributed by atoms with Gasteiger partial charge in [0.1, 0.15) is 0 Å². The lowest BCUT2D eigenvalue weighted by Crippen LogP contribution is -2.47. The molecule has 0 amide bonds. The maximum Gasteiger partial charge on any atom is 0.0506 e. The van der Waals surface area contributed by atoms with E-state index in [2.05, 4.69) is 39.6 Å². The smallest absolute Gasteiger partial charge is 0.0506 e. The molecule has 3 heteroatoms. The van der Waals surface area contributed by atoms with E-state index < -0.39 is 0 Å². The van der Waals surface area contributed by atoms with E-state index in [1.807, 2.05) is 6.07 Å². The summed E-state index contributed by atoms with van der Waals surface area (Å²) in [6.07, 6.45) is 8.45. The van der Waals surface area contributed by atoms with E-state index in [1.165, 1.54) is 54.3 Å². The highest BCUT2D eigenvalue weighted by atomic mass is 127. The Morgan fingerprint density at radius 1 is 1.11 bits per heavy atom. The summed E-state index contributed by atoms with van der Waals surface area (Å²) in [4.78, 5) is 2.66. The van der Waals surface area contributed by atoms with E-state index in [9.17, 15) is 0 Å². The molecule has 1 aromatic carbocycles. The summed E-state index contributed by atoms with van der Waals surface area (Å²) in [7, 11) is 0. The van der Waals surface area contributed by atoms with E-state index in [0.717, 1.165) is 17.6 Å². The third-order valence-electron chi connectivity index (χ3n) is 4.52. The fourth-order valence-electron chi connectivity index (χ4n) is 3.68. The lowest BCUT2D eigenvalue weighted by molar-refractivity contribution is 0.243. The molecule has 1 aromatic rings. The van der Waals surface area contributed by atoms with Crippen molar-refractivity contribution >= 4 is 34.0 Å². The van der Waals surface area contributed by atoms with Gasteiger partial charge >= 0.3 is 0 Å². The Balaban J connectivity index is 1.89. The second kappa shape index (κ2) is 5.27. The molecule has 1 aliphatic carbocycles. The molecule has 1 aliphatic heterocycles. The maximum atomic E-state index is 5.87. The first-order valence-electron chi connectivity index (χ1n) is 7.07. The van der Waals surface area contributed by atoms with Gasteiger partial charge in [-0.25, -0.2) is 0 Å². The van der Waals surface area contributed by atoms with Crippen molar-refractivity contribution in [2.24, 2.45) is 5.92 Å². The van der Waals surface area contributed by atoms with Crippen molar-refractivity contribution < 1.29 is 0 Å². The predicted octanol–water partition coefficient (Wildman–Crippen LogP) is 4.03.